The van der Waals surface area contributed by atoms with Gasteiger partial charge in [0.2, 0.25) is 0 Å². The van der Waals surface area contributed by atoms with Crippen molar-refractivity contribution in [1.29, 1.82) is 0 Å². The number of amides is 1. The number of aromatic nitrogens is 1. The lowest BCUT2D eigenvalue weighted by Gasteiger charge is -2.11. The van der Waals surface area contributed by atoms with E-state index in [0.29, 0.717) is 10.6 Å². The second kappa shape index (κ2) is 7.58. The summed E-state index contributed by atoms with van der Waals surface area (Å²) >= 11 is 5.83. The Balaban J connectivity index is 0.00000176. The maximum atomic E-state index is 12.1. The van der Waals surface area contributed by atoms with Gasteiger partial charge in [-0.15, -0.1) is 12.4 Å². The fourth-order valence-corrected chi connectivity index (χ4v) is 2.50. The van der Waals surface area contributed by atoms with E-state index in [-0.39, 0.29) is 24.4 Å². The third kappa shape index (κ3) is 3.97. The molecule has 1 aliphatic heterocycles. The number of nitrogens with zero attached hydrogens (tertiary/aromatic N) is 1. The Kier molecular flexibility index (Phi) is 5.77. The molecule has 0 radical (unpaired) electrons. The summed E-state index contributed by atoms with van der Waals surface area (Å²) in [6.07, 6.45) is 2.60. The molecule has 1 fully saturated rings. The second-order valence-corrected chi connectivity index (χ2v) is 5.54. The van der Waals surface area contributed by atoms with Crippen LogP contribution >= 0.6 is 24.0 Å². The molecule has 1 aromatic carbocycles. The van der Waals surface area contributed by atoms with Crippen LogP contribution in [0.2, 0.25) is 5.02 Å². The van der Waals surface area contributed by atoms with Gasteiger partial charge in [-0.3, -0.25) is 9.78 Å². The number of carbonyl (C=O) groups excluding carboxylic acids is 1. The van der Waals surface area contributed by atoms with Crippen LogP contribution in [-0.2, 0) is 0 Å². The van der Waals surface area contributed by atoms with Gasteiger partial charge >= 0.3 is 0 Å². The molecule has 0 aliphatic carbocycles. The number of pyridine rings is 1. The predicted molar refractivity (Wildman–Crippen MR) is 90.7 cm³/mol. The highest BCUT2D eigenvalue weighted by Crippen LogP contribution is 2.19. The van der Waals surface area contributed by atoms with Crippen molar-refractivity contribution >= 4 is 29.9 Å². The zero-order chi connectivity index (χ0) is 14.7. The maximum Gasteiger partial charge on any atom is 0.251 e. The SMILES string of the molecule is Cl.O=C(NC1CCNC1)c1ccc(-c2ccc(Cl)cn2)cc1. The van der Waals surface area contributed by atoms with E-state index >= 15 is 0 Å². The van der Waals surface area contributed by atoms with Gasteiger partial charge < -0.3 is 10.6 Å². The molecule has 116 valence electrons. The van der Waals surface area contributed by atoms with Gasteiger partial charge in [-0.05, 0) is 37.2 Å². The van der Waals surface area contributed by atoms with Gasteiger partial charge in [0, 0.05) is 29.9 Å². The number of rotatable bonds is 3. The first-order valence-electron chi connectivity index (χ1n) is 6.96. The van der Waals surface area contributed by atoms with E-state index in [4.69, 9.17) is 11.6 Å². The third-order valence-electron chi connectivity index (χ3n) is 3.57. The van der Waals surface area contributed by atoms with Gasteiger partial charge in [-0.1, -0.05) is 23.7 Å². The van der Waals surface area contributed by atoms with Crippen molar-refractivity contribution in [1.82, 2.24) is 15.6 Å². The summed E-state index contributed by atoms with van der Waals surface area (Å²) in [5.41, 5.74) is 2.47. The molecule has 0 spiro atoms. The standard InChI is InChI=1S/C16H16ClN3O.ClH/c17-13-5-6-15(19-9-13)11-1-3-12(4-2-11)16(21)20-14-7-8-18-10-14;/h1-6,9,14,18H,7-8,10H2,(H,20,21);1H. The first-order chi connectivity index (χ1) is 10.2. The maximum absolute atomic E-state index is 12.1. The molecule has 1 saturated heterocycles. The Morgan fingerprint density at radius 1 is 1.23 bits per heavy atom. The van der Waals surface area contributed by atoms with Crippen molar-refractivity contribution in [3.63, 3.8) is 0 Å². The van der Waals surface area contributed by atoms with Crippen molar-refractivity contribution in [3.8, 4) is 11.3 Å². The van der Waals surface area contributed by atoms with Crippen LogP contribution in [0.3, 0.4) is 0 Å². The van der Waals surface area contributed by atoms with Crippen LogP contribution in [0, 0.1) is 0 Å². The van der Waals surface area contributed by atoms with Crippen molar-refractivity contribution in [2.75, 3.05) is 13.1 Å². The summed E-state index contributed by atoms with van der Waals surface area (Å²) in [5.74, 6) is -0.0284. The van der Waals surface area contributed by atoms with Crippen molar-refractivity contribution < 1.29 is 4.79 Å². The van der Waals surface area contributed by atoms with Crippen LogP contribution in [0.15, 0.2) is 42.6 Å². The van der Waals surface area contributed by atoms with E-state index in [1.165, 1.54) is 0 Å². The molecule has 2 heterocycles. The molecule has 2 aromatic rings. The number of hydrogen-bond donors (Lipinski definition) is 2. The van der Waals surface area contributed by atoms with Crippen LogP contribution in [0.4, 0.5) is 0 Å². The molecule has 1 aromatic heterocycles. The van der Waals surface area contributed by atoms with E-state index in [0.717, 1.165) is 30.8 Å². The molecule has 0 bridgehead atoms. The van der Waals surface area contributed by atoms with Crippen LogP contribution in [-0.4, -0.2) is 30.0 Å². The predicted octanol–water partition coefficient (Wildman–Crippen LogP) is 2.92. The normalized spacial score (nSPS) is 16.9. The first-order valence-corrected chi connectivity index (χ1v) is 7.34. The fourth-order valence-electron chi connectivity index (χ4n) is 2.39. The molecule has 22 heavy (non-hydrogen) atoms. The average molecular weight is 338 g/mol. The average Bonchev–Trinajstić information content (AvgIpc) is 3.01. The van der Waals surface area contributed by atoms with Crippen LogP contribution < -0.4 is 10.6 Å². The molecule has 0 saturated carbocycles. The molecule has 1 amide bonds. The highest BCUT2D eigenvalue weighted by atomic mass is 35.5. The Morgan fingerprint density at radius 3 is 2.59 bits per heavy atom. The van der Waals surface area contributed by atoms with Crippen molar-refractivity contribution in [2.24, 2.45) is 0 Å². The van der Waals surface area contributed by atoms with Crippen LogP contribution in [0.1, 0.15) is 16.8 Å². The minimum atomic E-state index is -0.0284. The minimum absolute atomic E-state index is 0. The number of carbonyl (C=O) groups is 1. The third-order valence-corrected chi connectivity index (χ3v) is 3.79. The lowest BCUT2D eigenvalue weighted by Crippen LogP contribution is -2.36. The molecule has 3 rings (SSSR count). The van der Waals surface area contributed by atoms with E-state index in [1.807, 2.05) is 30.3 Å². The first kappa shape index (κ1) is 16.7. The van der Waals surface area contributed by atoms with Gasteiger partial charge in [-0.25, -0.2) is 0 Å². The molecule has 2 N–H and O–H groups in total. The summed E-state index contributed by atoms with van der Waals surface area (Å²) < 4.78 is 0. The second-order valence-electron chi connectivity index (χ2n) is 5.10. The summed E-state index contributed by atoms with van der Waals surface area (Å²) in [6, 6.07) is 11.3. The fraction of sp³-hybridized carbons (Fsp3) is 0.250. The van der Waals surface area contributed by atoms with Gasteiger partial charge in [-0.2, -0.15) is 0 Å². The highest BCUT2D eigenvalue weighted by molar-refractivity contribution is 6.30. The number of hydrogen-bond acceptors (Lipinski definition) is 3. The van der Waals surface area contributed by atoms with E-state index < -0.39 is 0 Å². The molecule has 1 unspecified atom stereocenters. The highest BCUT2D eigenvalue weighted by Gasteiger charge is 2.17. The van der Waals surface area contributed by atoms with Crippen LogP contribution in [0.5, 0.6) is 0 Å². The van der Waals surface area contributed by atoms with Gasteiger partial charge in [0.25, 0.3) is 5.91 Å². The van der Waals surface area contributed by atoms with E-state index in [2.05, 4.69) is 15.6 Å². The Bertz CT molecular complexity index is 623. The summed E-state index contributed by atoms with van der Waals surface area (Å²) in [5, 5.41) is 6.87. The Labute approximate surface area is 140 Å². The number of halogens is 2. The lowest BCUT2D eigenvalue weighted by molar-refractivity contribution is 0.0940. The van der Waals surface area contributed by atoms with Gasteiger partial charge in [0.1, 0.15) is 0 Å². The lowest BCUT2D eigenvalue weighted by atomic mass is 10.1. The molecule has 6 heteroatoms. The van der Waals surface area contributed by atoms with Crippen molar-refractivity contribution in [2.45, 2.75) is 12.5 Å². The summed E-state index contributed by atoms with van der Waals surface area (Å²) in [6.45, 7) is 1.81. The van der Waals surface area contributed by atoms with E-state index in [9.17, 15) is 4.79 Å². The Morgan fingerprint density at radius 2 is 2.00 bits per heavy atom. The summed E-state index contributed by atoms with van der Waals surface area (Å²) in [7, 11) is 0. The van der Waals surface area contributed by atoms with Crippen molar-refractivity contribution in [3.05, 3.63) is 53.2 Å². The molecule has 4 nitrogen and oxygen atoms in total. The summed E-state index contributed by atoms with van der Waals surface area (Å²) in [4.78, 5) is 16.4. The topological polar surface area (TPSA) is 54.0 Å². The molecule has 1 aliphatic rings. The van der Waals surface area contributed by atoms with Gasteiger partial charge in [0.05, 0.1) is 10.7 Å². The Hall–Kier alpha value is -1.62. The number of nitrogens with one attached hydrogen (secondary N) is 2. The molecular weight excluding hydrogens is 321 g/mol. The smallest absolute Gasteiger partial charge is 0.251 e. The van der Waals surface area contributed by atoms with Gasteiger partial charge in [0.15, 0.2) is 0 Å². The van der Waals surface area contributed by atoms with E-state index in [1.54, 1.807) is 12.3 Å². The quantitative estimate of drug-likeness (QED) is 0.905. The zero-order valence-corrected chi connectivity index (χ0v) is 13.5. The minimum Gasteiger partial charge on any atom is -0.348 e. The van der Waals surface area contributed by atoms with Crippen LogP contribution in [0.25, 0.3) is 11.3 Å². The largest absolute Gasteiger partial charge is 0.348 e. The molecular formula is C16H17Cl2N3O. The monoisotopic (exact) mass is 337 g/mol. The number of benzene rings is 1. The molecule has 1 atom stereocenters. The zero-order valence-electron chi connectivity index (χ0n) is 11.9.